The lowest BCUT2D eigenvalue weighted by molar-refractivity contribution is -0.111. The number of aliphatic imine (C=N–C) groups is 1. The molecule has 0 fully saturated rings. The van der Waals surface area contributed by atoms with Gasteiger partial charge in [-0.05, 0) is 12.1 Å². The molecule has 0 saturated carbocycles. The molecule has 84 valence electrons. The molecule has 0 radical (unpaired) electrons. The van der Waals surface area contributed by atoms with Crippen LogP contribution in [0.1, 0.15) is 6.92 Å². The van der Waals surface area contributed by atoms with Gasteiger partial charge in [0.05, 0.1) is 5.69 Å². The maximum Gasteiger partial charge on any atom is 0.189 e. The van der Waals surface area contributed by atoms with Gasteiger partial charge < -0.3 is 5.21 Å². The number of rotatable bonds is 3. The van der Waals surface area contributed by atoms with E-state index in [-0.39, 0.29) is 11.5 Å². The van der Waals surface area contributed by atoms with Crippen LogP contribution in [0.5, 0.6) is 0 Å². The Labute approximate surface area is 91.9 Å². The van der Waals surface area contributed by atoms with Gasteiger partial charge in [0.25, 0.3) is 0 Å². The van der Waals surface area contributed by atoms with Crippen molar-refractivity contribution in [3.63, 3.8) is 0 Å². The third-order valence-electron chi connectivity index (χ3n) is 1.76. The molecule has 0 heterocycles. The number of carbonyl (C=O) groups excluding carboxylic acids is 1. The molecule has 0 unspecified atom stereocenters. The van der Waals surface area contributed by atoms with Crippen molar-refractivity contribution in [3.05, 3.63) is 30.3 Å². The average molecular weight is 221 g/mol. The zero-order valence-corrected chi connectivity index (χ0v) is 8.58. The molecule has 16 heavy (non-hydrogen) atoms. The summed E-state index contributed by atoms with van der Waals surface area (Å²) in [6.07, 6.45) is 0. The lowest BCUT2D eigenvalue weighted by Crippen LogP contribution is -2.33. The first-order chi connectivity index (χ1) is 7.69. The zero-order chi connectivity index (χ0) is 12.0. The highest BCUT2D eigenvalue weighted by Gasteiger charge is 2.14. The summed E-state index contributed by atoms with van der Waals surface area (Å²) >= 11 is 0. The van der Waals surface area contributed by atoms with Crippen molar-refractivity contribution in [1.82, 2.24) is 5.48 Å². The number of nitrogens with one attached hydrogen (secondary N) is 1. The molecule has 0 aliphatic carbocycles. The molecule has 0 saturated heterocycles. The van der Waals surface area contributed by atoms with Gasteiger partial charge in [-0.15, -0.1) is 0 Å². The van der Waals surface area contributed by atoms with Gasteiger partial charge in [-0.2, -0.15) is 0 Å². The first-order valence-electron chi connectivity index (χ1n) is 4.46. The van der Waals surface area contributed by atoms with Crippen LogP contribution in [0, 0.1) is 0 Å². The van der Waals surface area contributed by atoms with Gasteiger partial charge in [-0.1, -0.05) is 23.4 Å². The Morgan fingerprint density at radius 2 is 1.94 bits per heavy atom. The molecule has 3 N–H and O–H groups in total. The maximum atomic E-state index is 11.0. The monoisotopic (exact) mass is 221 g/mol. The molecular weight excluding hydrogens is 210 g/mol. The largest absolute Gasteiger partial charge is 0.410 e. The normalized spacial score (nSPS) is 12.4. The molecule has 1 aromatic carbocycles. The topological polar surface area (TPSA) is 94.3 Å². The summed E-state index contributed by atoms with van der Waals surface area (Å²) in [6.45, 7) is 1.20. The van der Waals surface area contributed by atoms with E-state index in [4.69, 9.17) is 10.4 Å². The van der Waals surface area contributed by atoms with Crippen LogP contribution in [0.15, 0.2) is 40.5 Å². The fraction of sp³-hybridized carbons (Fsp3) is 0.100. The minimum absolute atomic E-state index is 0.207. The van der Waals surface area contributed by atoms with Crippen LogP contribution in [0.3, 0.4) is 0 Å². The number of ketones is 1. The van der Waals surface area contributed by atoms with Crippen molar-refractivity contribution in [2.45, 2.75) is 6.92 Å². The van der Waals surface area contributed by atoms with Crippen LogP contribution >= 0.6 is 0 Å². The molecule has 1 aromatic rings. The van der Waals surface area contributed by atoms with E-state index in [1.54, 1.807) is 35.8 Å². The number of nitrogens with zero attached hydrogens (tertiary/aromatic N) is 2. The Balaban J connectivity index is 3.08. The van der Waals surface area contributed by atoms with Gasteiger partial charge in [-0.3, -0.25) is 15.5 Å². The number of hydroxylamine groups is 1. The summed E-state index contributed by atoms with van der Waals surface area (Å²) in [6, 6.07) is 8.64. The predicted octanol–water partition coefficient (Wildman–Crippen LogP) is 1.11. The number of carbonyl (C=O) groups is 1. The molecule has 1 rings (SSSR count). The number of hydrogen-bond acceptors (Lipinski definition) is 5. The molecule has 0 spiro atoms. The SMILES string of the molecule is CC(=O)/C(=N\O)C(=Nc1ccccc1)NO. The minimum Gasteiger partial charge on any atom is -0.410 e. The molecule has 0 bridgehead atoms. The second-order valence-electron chi connectivity index (χ2n) is 2.91. The highest BCUT2D eigenvalue weighted by atomic mass is 16.5. The summed E-state index contributed by atoms with van der Waals surface area (Å²) in [7, 11) is 0. The lowest BCUT2D eigenvalue weighted by Gasteiger charge is -2.03. The molecular formula is C10H11N3O3. The molecule has 0 aromatic heterocycles. The van der Waals surface area contributed by atoms with Crippen molar-refractivity contribution in [3.8, 4) is 0 Å². The molecule has 0 amide bonds. The first kappa shape index (κ1) is 11.9. The van der Waals surface area contributed by atoms with Gasteiger partial charge in [0, 0.05) is 6.92 Å². The van der Waals surface area contributed by atoms with Crippen molar-refractivity contribution >= 4 is 23.0 Å². The predicted molar refractivity (Wildman–Crippen MR) is 58.4 cm³/mol. The van der Waals surface area contributed by atoms with Crippen LogP contribution in [0.4, 0.5) is 5.69 Å². The fourth-order valence-electron chi connectivity index (χ4n) is 1.05. The quantitative estimate of drug-likeness (QED) is 0.308. The Bertz CT molecular complexity index is 426. The molecule has 0 aliphatic rings. The lowest BCUT2D eigenvalue weighted by atomic mass is 10.2. The average Bonchev–Trinajstić information content (AvgIpc) is 2.29. The van der Waals surface area contributed by atoms with Gasteiger partial charge in [0.15, 0.2) is 17.3 Å². The minimum atomic E-state index is -0.515. The van der Waals surface area contributed by atoms with Crippen molar-refractivity contribution in [2.75, 3.05) is 0 Å². The van der Waals surface area contributed by atoms with E-state index in [0.717, 1.165) is 0 Å². The second kappa shape index (κ2) is 5.62. The third-order valence-corrected chi connectivity index (χ3v) is 1.76. The van der Waals surface area contributed by atoms with E-state index in [1.807, 2.05) is 0 Å². The Kier molecular flexibility index (Phi) is 4.16. The van der Waals surface area contributed by atoms with Crippen LogP contribution in [0.2, 0.25) is 0 Å². The number of para-hydroxylation sites is 1. The van der Waals surface area contributed by atoms with Crippen LogP contribution in [-0.4, -0.2) is 27.7 Å². The standard InChI is InChI=1S/C10H11N3O3/c1-7(14)9(12-15)10(13-16)11-8-5-3-2-4-6-8/h2-6,15-16H,1H3,(H,11,13)/b12-9+. The van der Waals surface area contributed by atoms with E-state index in [0.29, 0.717) is 5.69 Å². The number of oxime groups is 1. The highest BCUT2D eigenvalue weighted by molar-refractivity contribution is 6.66. The van der Waals surface area contributed by atoms with Gasteiger partial charge >= 0.3 is 0 Å². The summed E-state index contributed by atoms with van der Waals surface area (Å²) < 4.78 is 0. The van der Waals surface area contributed by atoms with Crippen molar-refractivity contribution in [2.24, 2.45) is 10.1 Å². The van der Waals surface area contributed by atoms with Crippen molar-refractivity contribution in [1.29, 1.82) is 0 Å². The van der Waals surface area contributed by atoms with E-state index in [9.17, 15) is 4.79 Å². The van der Waals surface area contributed by atoms with Crippen LogP contribution < -0.4 is 5.48 Å². The first-order valence-corrected chi connectivity index (χ1v) is 4.46. The summed E-state index contributed by atoms with van der Waals surface area (Å²) in [5.74, 6) is -0.722. The van der Waals surface area contributed by atoms with Crippen LogP contribution in [0.25, 0.3) is 0 Å². The maximum absolute atomic E-state index is 11.0. The summed E-state index contributed by atoms with van der Waals surface area (Å²) in [5, 5.41) is 20.2. The van der Waals surface area contributed by atoms with Gasteiger partial charge in [0.1, 0.15) is 0 Å². The Morgan fingerprint density at radius 3 is 2.38 bits per heavy atom. The fourth-order valence-corrected chi connectivity index (χ4v) is 1.05. The summed E-state index contributed by atoms with van der Waals surface area (Å²) in [5.41, 5.74) is 1.90. The number of Topliss-reactive ketones (excluding diaryl/α,β-unsaturated/α-hetero) is 1. The molecule has 6 nitrogen and oxygen atoms in total. The Hall–Kier alpha value is -2.21. The van der Waals surface area contributed by atoms with Gasteiger partial charge in [-0.25, -0.2) is 4.99 Å². The molecule has 0 aliphatic heterocycles. The van der Waals surface area contributed by atoms with E-state index >= 15 is 0 Å². The third kappa shape index (κ3) is 2.89. The van der Waals surface area contributed by atoms with Gasteiger partial charge in [0.2, 0.25) is 0 Å². The second-order valence-corrected chi connectivity index (χ2v) is 2.91. The van der Waals surface area contributed by atoms with Crippen LogP contribution in [-0.2, 0) is 4.79 Å². The van der Waals surface area contributed by atoms with E-state index in [1.165, 1.54) is 6.92 Å². The van der Waals surface area contributed by atoms with Crippen molar-refractivity contribution < 1.29 is 15.2 Å². The number of benzene rings is 1. The smallest absolute Gasteiger partial charge is 0.189 e. The molecule has 0 atom stereocenters. The highest BCUT2D eigenvalue weighted by Crippen LogP contribution is 2.09. The Morgan fingerprint density at radius 1 is 1.31 bits per heavy atom. The number of hydrogen-bond donors (Lipinski definition) is 3. The summed E-state index contributed by atoms with van der Waals surface area (Å²) in [4.78, 5) is 15.0. The zero-order valence-electron chi connectivity index (χ0n) is 8.58. The van der Waals surface area contributed by atoms with E-state index in [2.05, 4.69) is 10.1 Å². The van der Waals surface area contributed by atoms with E-state index < -0.39 is 5.78 Å². The number of amidine groups is 1. The molecule has 6 heteroatoms.